The van der Waals surface area contributed by atoms with Gasteiger partial charge in [-0.25, -0.2) is 5.84 Å². The normalized spacial score (nSPS) is 21.4. The lowest BCUT2D eigenvalue weighted by Crippen LogP contribution is -2.52. The summed E-state index contributed by atoms with van der Waals surface area (Å²) in [5, 5.41) is 3.39. The first-order valence-electron chi connectivity index (χ1n) is 7.37. The molecule has 6 nitrogen and oxygen atoms in total. The molecule has 0 aromatic heterocycles. The number of hydrogen-bond acceptors (Lipinski definition) is 4. The van der Waals surface area contributed by atoms with Gasteiger partial charge < -0.3 is 15.0 Å². The molecule has 0 aromatic carbocycles. The zero-order valence-electron chi connectivity index (χ0n) is 12.3. The van der Waals surface area contributed by atoms with Gasteiger partial charge in [-0.1, -0.05) is 6.92 Å². The molecule has 1 unspecified atom stereocenters. The Balaban J connectivity index is 2.28. The lowest BCUT2D eigenvalue weighted by molar-refractivity contribution is 0.146. The topological polar surface area (TPSA) is 74.9 Å². The van der Waals surface area contributed by atoms with Crippen molar-refractivity contribution in [1.29, 1.82) is 0 Å². The van der Waals surface area contributed by atoms with Crippen LogP contribution in [0.25, 0.3) is 0 Å². The second-order valence-electron chi connectivity index (χ2n) is 4.80. The van der Waals surface area contributed by atoms with E-state index in [1.54, 1.807) is 0 Å². The number of ether oxygens (including phenoxy) is 1. The number of piperidine rings is 1. The molecule has 1 fully saturated rings. The number of rotatable bonds is 7. The van der Waals surface area contributed by atoms with E-state index in [4.69, 9.17) is 10.6 Å². The van der Waals surface area contributed by atoms with Crippen LogP contribution in [0.15, 0.2) is 4.99 Å². The van der Waals surface area contributed by atoms with Crippen molar-refractivity contribution in [3.05, 3.63) is 0 Å². The standard InChI is InChI=1S/C13H29N5O/c1-3-18-9-5-7-12(11-18)16-13(17-14)15-8-6-10-19-4-2/h12H,3-11,14H2,1-2H3,(H2,15,16,17). The number of guanidine groups is 1. The Labute approximate surface area is 116 Å². The molecular weight excluding hydrogens is 242 g/mol. The van der Waals surface area contributed by atoms with E-state index in [1.807, 2.05) is 6.92 Å². The lowest BCUT2D eigenvalue weighted by Gasteiger charge is -2.32. The van der Waals surface area contributed by atoms with Crippen LogP contribution in [0.2, 0.25) is 0 Å². The Morgan fingerprint density at radius 3 is 3.00 bits per heavy atom. The first-order chi connectivity index (χ1) is 9.30. The maximum atomic E-state index is 5.51. The maximum Gasteiger partial charge on any atom is 0.205 e. The molecular formula is C13H29N5O. The van der Waals surface area contributed by atoms with Crippen molar-refractivity contribution in [2.75, 3.05) is 39.4 Å². The molecule has 1 heterocycles. The van der Waals surface area contributed by atoms with Crippen molar-refractivity contribution in [3.8, 4) is 0 Å². The smallest absolute Gasteiger partial charge is 0.205 e. The molecule has 1 rings (SSSR count). The fourth-order valence-corrected chi connectivity index (χ4v) is 2.29. The Hall–Kier alpha value is -0.850. The molecule has 0 radical (unpaired) electrons. The minimum Gasteiger partial charge on any atom is -0.382 e. The average Bonchev–Trinajstić information content (AvgIpc) is 2.46. The van der Waals surface area contributed by atoms with Gasteiger partial charge in [-0.15, -0.1) is 0 Å². The molecule has 1 saturated heterocycles. The molecule has 0 bridgehead atoms. The highest BCUT2D eigenvalue weighted by Crippen LogP contribution is 2.09. The van der Waals surface area contributed by atoms with Gasteiger partial charge in [-0.2, -0.15) is 0 Å². The number of nitrogens with two attached hydrogens (primary N) is 1. The second-order valence-corrected chi connectivity index (χ2v) is 4.80. The van der Waals surface area contributed by atoms with Crippen LogP contribution in [0.1, 0.15) is 33.1 Å². The molecule has 1 aliphatic heterocycles. The highest BCUT2D eigenvalue weighted by Gasteiger charge is 2.19. The van der Waals surface area contributed by atoms with E-state index in [1.165, 1.54) is 19.4 Å². The van der Waals surface area contributed by atoms with Crippen LogP contribution in [0.3, 0.4) is 0 Å². The lowest BCUT2D eigenvalue weighted by atomic mass is 10.1. The third kappa shape index (κ3) is 6.75. The van der Waals surface area contributed by atoms with Gasteiger partial charge in [0, 0.05) is 32.3 Å². The molecule has 0 aliphatic carbocycles. The van der Waals surface area contributed by atoms with Crippen LogP contribution in [0.4, 0.5) is 0 Å². The highest BCUT2D eigenvalue weighted by molar-refractivity contribution is 5.79. The minimum absolute atomic E-state index is 0.440. The largest absolute Gasteiger partial charge is 0.382 e. The Kier molecular flexibility index (Phi) is 8.53. The van der Waals surface area contributed by atoms with E-state index >= 15 is 0 Å². The third-order valence-corrected chi connectivity index (χ3v) is 3.35. The SMILES string of the molecule is CCOCCCN=C(NN)NC1CCCN(CC)C1. The van der Waals surface area contributed by atoms with Gasteiger partial charge in [0.25, 0.3) is 0 Å². The van der Waals surface area contributed by atoms with E-state index in [2.05, 4.69) is 27.6 Å². The number of likely N-dealkylation sites (N-methyl/N-ethyl adjacent to an activating group) is 1. The van der Waals surface area contributed by atoms with Crippen LogP contribution in [-0.4, -0.2) is 56.3 Å². The average molecular weight is 271 g/mol. The van der Waals surface area contributed by atoms with E-state index in [0.717, 1.165) is 39.3 Å². The van der Waals surface area contributed by atoms with Crippen molar-refractivity contribution < 1.29 is 4.74 Å². The van der Waals surface area contributed by atoms with Crippen molar-refractivity contribution >= 4 is 5.96 Å². The second kappa shape index (κ2) is 10.00. The van der Waals surface area contributed by atoms with Gasteiger partial charge in [0.2, 0.25) is 5.96 Å². The van der Waals surface area contributed by atoms with Gasteiger partial charge in [0.1, 0.15) is 0 Å². The highest BCUT2D eigenvalue weighted by atomic mass is 16.5. The van der Waals surface area contributed by atoms with Crippen LogP contribution >= 0.6 is 0 Å². The predicted octanol–water partition coefficient (Wildman–Crippen LogP) is 0.306. The zero-order valence-corrected chi connectivity index (χ0v) is 12.3. The molecule has 4 N–H and O–H groups in total. The van der Waals surface area contributed by atoms with Crippen molar-refractivity contribution in [3.63, 3.8) is 0 Å². The van der Waals surface area contributed by atoms with Gasteiger partial charge in [0.05, 0.1) is 0 Å². The zero-order chi connectivity index (χ0) is 13.9. The van der Waals surface area contributed by atoms with Crippen molar-refractivity contribution in [1.82, 2.24) is 15.6 Å². The summed E-state index contributed by atoms with van der Waals surface area (Å²) in [7, 11) is 0. The molecule has 1 atom stereocenters. The van der Waals surface area contributed by atoms with Gasteiger partial charge in [-0.05, 0) is 39.3 Å². The first-order valence-corrected chi connectivity index (χ1v) is 7.37. The quantitative estimate of drug-likeness (QED) is 0.204. The van der Waals surface area contributed by atoms with Crippen LogP contribution in [-0.2, 0) is 4.74 Å². The van der Waals surface area contributed by atoms with Gasteiger partial charge in [0.15, 0.2) is 0 Å². The number of hydrazine groups is 1. The number of hydrogen-bond donors (Lipinski definition) is 3. The van der Waals surface area contributed by atoms with Gasteiger partial charge in [-0.3, -0.25) is 10.4 Å². The molecule has 0 saturated carbocycles. The summed E-state index contributed by atoms with van der Waals surface area (Å²) >= 11 is 0. The monoisotopic (exact) mass is 271 g/mol. The molecule has 112 valence electrons. The number of aliphatic imine (C=N–C) groups is 1. The van der Waals surface area contributed by atoms with Crippen LogP contribution < -0.4 is 16.6 Å². The summed E-state index contributed by atoms with van der Waals surface area (Å²) in [5.74, 6) is 6.20. The van der Waals surface area contributed by atoms with E-state index in [-0.39, 0.29) is 0 Å². The summed E-state index contributed by atoms with van der Waals surface area (Å²) in [4.78, 5) is 6.88. The summed E-state index contributed by atoms with van der Waals surface area (Å²) in [6, 6.07) is 0.440. The van der Waals surface area contributed by atoms with E-state index < -0.39 is 0 Å². The molecule has 19 heavy (non-hydrogen) atoms. The fraction of sp³-hybridized carbons (Fsp3) is 0.923. The Morgan fingerprint density at radius 2 is 2.32 bits per heavy atom. The van der Waals surface area contributed by atoms with Crippen LogP contribution in [0, 0.1) is 0 Å². The number of likely N-dealkylation sites (tertiary alicyclic amines) is 1. The molecule has 0 aromatic rings. The molecule has 0 amide bonds. The van der Waals surface area contributed by atoms with E-state index in [9.17, 15) is 0 Å². The summed E-state index contributed by atoms with van der Waals surface area (Å²) in [6.07, 6.45) is 3.33. The summed E-state index contributed by atoms with van der Waals surface area (Å²) in [5.41, 5.74) is 2.65. The maximum absolute atomic E-state index is 5.51. The summed E-state index contributed by atoms with van der Waals surface area (Å²) < 4.78 is 5.28. The first kappa shape index (κ1) is 16.2. The molecule has 1 aliphatic rings. The van der Waals surface area contributed by atoms with Crippen molar-refractivity contribution in [2.45, 2.75) is 39.2 Å². The van der Waals surface area contributed by atoms with E-state index in [0.29, 0.717) is 12.0 Å². The minimum atomic E-state index is 0.440. The van der Waals surface area contributed by atoms with Crippen molar-refractivity contribution in [2.24, 2.45) is 10.8 Å². The number of nitrogens with one attached hydrogen (secondary N) is 2. The predicted molar refractivity (Wildman–Crippen MR) is 79.0 cm³/mol. The third-order valence-electron chi connectivity index (χ3n) is 3.35. The molecule has 6 heteroatoms. The number of nitrogens with zero attached hydrogens (tertiary/aromatic N) is 2. The van der Waals surface area contributed by atoms with Crippen LogP contribution in [0.5, 0.6) is 0 Å². The Morgan fingerprint density at radius 1 is 1.47 bits per heavy atom. The summed E-state index contributed by atoms with van der Waals surface area (Å²) in [6.45, 7) is 9.82. The molecule has 0 spiro atoms. The van der Waals surface area contributed by atoms with Gasteiger partial charge >= 0.3 is 0 Å². The fourth-order valence-electron chi connectivity index (χ4n) is 2.29. The Bertz CT molecular complexity index is 259.